The summed E-state index contributed by atoms with van der Waals surface area (Å²) >= 11 is 12.0. The van der Waals surface area contributed by atoms with Crippen molar-refractivity contribution in [3.63, 3.8) is 0 Å². The Hall–Kier alpha value is -0.980. The Balaban J connectivity index is 0.00000156. The molecule has 0 bridgehead atoms. The molecule has 2 heterocycles. The number of rotatable bonds is 5. The van der Waals surface area contributed by atoms with Crippen LogP contribution in [0.15, 0.2) is 28.8 Å². The lowest BCUT2D eigenvalue weighted by atomic mass is 10.2. The van der Waals surface area contributed by atoms with Gasteiger partial charge < -0.3 is 15.1 Å². The lowest BCUT2D eigenvalue weighted by Crippen LogP contribution is -2.36. The van der Waals surface area contributed by atoms with Gasteiger partial charge in [0, 0.05) is 36.0 Å². The maximum Gasteiger partial charge on any atom is 0.220 e. The first-order valence-electron chi connectivity index (χ1n) is 7.52. The molecule has 2 aromatic rings. The fraction of sp³-hybridized carbons (Fsp3) is 0.375. The van der Waals surface area contributed by atoms with E-state index in [9.17, 15) is 4.79 Å². The Morgan fingerprint density at radius 3 is 2.84 bits per heavy atom. The Kier molecular flexibility index (Phi) is 9.03. The molecule has 0 spiro atoms. The fourth-order valence-corrected chi connectivity index (χ4v) is 3.04. The minimum Gasteiger partial charge on any atom is -0.441 e. The van der Waals surface area contributed by atoms with Crippen LogP contribution in [0.25, 0.3) is 11.3 Å². The number of halogens is 4. The van der Waals surface area contributed by atoms with E-state index in [-0.39, 0.29) is 36.8 Å². The predicted molar refractivity (Wildman–Crippen MR) is 104 cm³/mol. The number of benzene rings is 1. The van der Waals surface area contributed by atoms with Gasteiger partial charge in [0.2, 0.25) is 5.91 Å². The largest absolute Gasteiger partial charge is 0.441 e. The van der Waals surface area contributed by atoms with Gasteiger partial charge in [-0.3, -0.25) is 4.79 Å². The Morgan fingerprint density at radius 2 is 2.16 bits per heavy atom. The second-order valence-electron chi connectivity index (χ2n) is 5.50. The molecule has 2 N–H and O–H groups in total. The number of aromatic nitrogens is 1. The lowest BCUT2D eigenvalue weighted by molar-refractivity contribution is -0.121. The molecule has 1 aromatic carbocycles. The van der Waals surface area contributed by atoms with Gasteiger partial charge in [-0.15, -0.1) is 24.8 Å². The average Bonchev–Trinajstić information content (AvgIpc) is 3.17. The Morgan fingerprint density at radius 1 is 1.36 bits per heavy atom. The molecule has 1 saturated heterocycles. The van der Waals surface area contributed by atoms with Gasteiger partial charge in [-0.25, -0.2) is 4.98 Å². The van der Waals surface area contributed by atoms with Crippen molar-refractivity contribution < 1.29 is 9.21 Å². The van der Waals surface area contributed by atoms with Crippen LogP contribution in [0.1, 0.15) is 18.7 Å². The van der Waals surface area contributed by atoms with Crippen molar-refractivity contribution in [3.8, 4) is 11.3 Å². The quantitative estimate of drug-likeness (QED) is 0.760. The van der Waals surface area contributed by atoms with Crippen LogP contribution < -0.4 is 10.6 Å². The van der Waals surface area contributed by atoms with Gasteiger partial charge in [0.25, 0.3) is 0 Å². The van der Waals surface area contributed by atoms with E-state index in [2.05, 4.69) is 15.6 Å². The molecule has 1 aliphatic heterocycles. The molecular formula is C16H19Cl4N3O2. The molecule has 1 aromatic heterocycles. The molecule has 9 heteroatoms. The second-order valence-corrected chi connectivity index (χ2v) is 6.34. The summed E-state index contributed by atoms with van der Waals surface area (Å²) in [7, 11) is 0. The van der Waals surface area contributed by atoms with Crippen LogP contribution in [0, 0.1) is 0 Å². The Bertz CT molecular complexity index is 702. The predicted octanol–water partition coefficient (Wildman–Crippen LogP) is 3.90. The number of hydrogen-bond donors (Lipinski definition) is 2. The minimum absolute atomic E-state index is 0. The first-order valence-corrected chi connectivity index (χ1v) is 8.27. The number of amides is 1. The van der Waals surface area contributed by atoms with Gasteiger partial charge in [0.1, 0.15) is 0 Å². The van der Waals surface area contributed by atoms with E-state index < -0.39 is 0 Å². The fourth-order valence-electron chi connectivity index (χ4n) is 2.54. The van der Waals surface area contributed by atoms with Crippen molar-refractivity contribution >= 4 is 53.9 Å². The molecule has 5 nitrogen and oxygen atoms in total. The number of nitrogens with zero attached hydrogens (tertiary/aromatic N) is 1. The van der Waals surface area contributed by atoms with Crippen LogP contribution >= 0.6 is 48.0 Å². The number of carbonyl (C=O) groups excluding carboxylic acids is 1. The van der Waals surface area contributed by atoms with Crippen LogP contribution in [-0.2, 0) is 11.2 Å². The van der Waals surface area contributed by atoms with Gasteiger partial charge >= 0.3 is 0 Å². The number of hydrogen-bond acceptors (Lipinski definition) is 4. The van der Waals surface area contributed by atoms with Gasteiger partial charge in [-0.1, -0.05) is 23.2 Å². The van der Waals surface area contributed by atoms with Gasteiger partial charge in [-0.2, -0.15) is 0 Å². The summed E-state index contributed by atoms with van der Waals surface area (Å²) in [5, 5.41) is 7.28. The maximum absolute atomic E-state index is 11.9. The summed E-state index contributed by atoms with van der Waals surface area (Å²) in [5.74, 6) is 1.11. The van der Waals surface area contributed by atoms with Crippen molar-refractivity contribution in [3.05, 3.63) is 40.3 Å². The molecule has 1 unspecified atom stereocenters. The molecule has 138 valence electrons. The number of nitrogens with one attached hydrogen (secondary N) is 2. The molecular weight excluding hydrogens is 408 g/mol. The van der Waals surface area contributed by atoms with Crippen molar-refractivity contribution in [1.82, 2.24) is 15.6 Å². The summed E-state index contributed by atoms with van der Waals surface area (Å²) in [6, 6.07) is 5.42. The molecule has 25 heavy (non-hydrogen) atoms. The van der Waals surface area contributed by atoms with Crippen LogP contribution in [0.2, 0.25) is 10.0 Å². The number of carbonyl (C=O) groups is 1. The monoisotopic (exact) mass is 425 g/mol. The highest BCUT2D eigenvalue weighted by Crippen LogP contribution is 2.30. The molecule has 3 rings (SSSR count). The van der Waals surface area contributed by atoms with E-state index in [0.717, 1.165) is 25.1 Å². The van der Waals surface area contributed by atoms with E-state index in [1.807, 2.05) is 0 Å². The zero-order valence-corrected chi connectivity index (χ0v) is 16.4. The summed E-state index contributed by atoms with van der Waals surface area (Å²) in [6.07, 6.45) is 3.40. The number of oxazole rings is 1. The summed E-state index contributed by atoms with van der Waals surface area (Å²) in [6.45, 7) is 1.79. The topological polar surface area (TPSA) is 67.2 Å². The van der Waals surface area contributed by atoms with Gasteiger partial charge in [-0.05, 0) is 31.2 Å². The third kappa shape index (κ3) is 6.04. The molecule has 1 fully saturated rings. The van der Waals surface area contributed by atoms with Crippen LogP contribution in [0.5, 0.6) is 0 Å². The van der Waals surface area contributed by atoms with E-state index in [0.29, 0.717) is 34.5 Å². The zero-order chi connectivity index (χ0) is 16.2. The normalized spacial score (nSPS) is 16.0. The summed E-state index contributed by atoms with van der Waals surface area (Å²) < 4.78 is 5.68. The number of aryl methyl sites for hydroxylation is 1. The lowest BCUT2D eigenvalue weighted by Gasteiger charge is -2.10. The van der Waals surface area contributed by atoms with E-state index in [4.69, 9.17) is 27.6 Å². The van der Waals surface area contributed by atoms with Crippen molar-refractivity contribution in [1.29, 1.82) is 0 Å². The first-order chi connectivity index (χ1) is 11.1. The second kappa shape index (κ2) is 10.2. The molecule has 0 saturated carbocycles. The third-order valence-electron chi connectivity index (χ3n) is 3.74. The van der Waals surface area contributed by atoms with E-state index >= 15 is 0 Å². The van der Waals surface area contributed by atoms with Crippen LogP contribution in [0.3, 0.4) is 0 Å². The SMILES string of the molecule is Cl.Cl.O=C(CCc1ncc(-c2ccc(Cl)cc2Cl)o1)NC1CCNC1. The van der Waals surface area contributed by atoms with Crippen LogP contribution in [-0.4, -0.2) is 30.0 Å². The third-order valence-corrected chi connectivity index (χ3v) is 4.29. The van der Waals surface area contributed by atoms with Crippen molar-refractivity contribution in [2.24, 2.45) is 0 Å². The summed E-state index contributed by atoms with van der Waals surface area (Å²) in [4.78, 5) is 16.1. The smallest absolute Gasteiger partial charge is 0.220 e. The van der Waals surface area contributed by atoms with Crippen LogP contribution in [0.4, 0.5) is 0 Å². The average molecular weight is 427 g/mol. The van der Waals surface area contributed by atoms with E-state index in [1.54, 1.807) is 24.4 Å². The summed E-state index contributed by atoms with van der Waals surface area (Å²) in [5.41, 5.74) is 0.733. The molecule has 0 radical (unpaired) electrons. The Labute approximate surface area is 168 Å². The minimum atomic E-state index is 0. The van der Waals surface area contributed by atoms with Crippen molar-refractivity contribution in [2.45, 2.75) is 25.3 Å². The molecule has 0 aliphatic carbocycles. The molecule has 1 amide bonds. The molecule has 1 aliphatic rings. The highest BCUT2D eigenvalue weighted by Gasteiger charge is 2.17. The standard InChI is InChI=1S/C16H17Cl2N3O2.2ClH/c17-10-1-2-12(13(18)7-10)14-9-20-16(23-14)4-3-15(22)21-11-5-6-19-8-11;;/h1-2,7,9,11,19H,3-6,8H2,(H,21,22);2*1H. The first kappa shape index (κ1) is 22.1. The maximum atomic E-state index is 11.9. The van der Waals surface area contributed by atoms with Crippen molar-refractivity contribution in [2.75, 3.05) is 13.1 Å². The highest BCUT2D eigenvalue weighted by molar-refractivity contribution is 6.36. The zero-order valence-electron chi connectivity index (χ0n) is 13.3. The van der Waals surface area contributed by atoms with Gasteiger partial charge in [0.05, 0.1) is 11.2 Å². The highest BCUT2D eigenvalue weighted by atomic mass is 35.5. The van der Waals surface area contributed by atoms with Gasteiger partial charge in [0.15, 0.2) is 11.7 Å². The molecule has 1 atom stereocenters. The van der Waals surface area contributed by atoms with E-state index in [1.165, 1.54) is 0 Å².